The molecule has 0 atom stereocenters. The summed E-state index contributed by atoms with van der Waals surface area (Å²) < 4.78 is 3.97. The predicted molar refractivity (Wildman–Crippen MR) is 125 cm³/mol. The van der Waals surface area contributed by atoms with Crippen LogP contribution in [0.2, 0.25) is 0 Å². The first-order valence-electron chi connectivity index (χ1n) is 10.8. The van der Waals surface area contributed by atoms with E-state index in [9.17, 15) is 4.79 Å². The Bertz CT molecular complexity index is 1240. The molecule has 0 bridgehead atoms. The molecule has 31 heavy (non-hydrogen) atoms. The van der Waals surface area contributed by atoms with Gasteiger partial charge in [0.15, 0.2) is 5.16 Å². The molecule has 0 N–H and O–H groups in total. The topological polar surface area (TPSA) is 65.1 Å². The molecule has 0 amide bonds. The summed E-state index contributed by atoms with van der Waals surface area (Å²) in [5.41, 5.74) is 2.45. The van der Waals surface area contributed by atoms with E-state index in [1.54, 1.807) is 39.8 Å². The molecule has 0 radical (unpaired) electrons. The number of thioether (sulfide) groups is 1. The third kappa shape index (κ3) is 4.32. The van der Waals surface area contributed by atoms with E-state index in [4.69, 9.17) is 4.98 Å². The summed E-state index contributed by atoms with van der Waals surface area (Å²) >= 11 is 3.39. The molecule has 0 aromatic carbocycles. The van der Waals surface area contributed by atoms with Crippen molar-refractivity contribution in [2.24, 2.45) is 0 Å². The molecule has 0 saturated heterocycles. The molecule has 6 nitrogen and oxygen atoms in total. The van der Waals surface area contributed by atoms with Crippen molar-refractivity contribution in [3.05, 3.63) is 74.2 Å². The Hall–Kier alpha value is -2.45. The molecule has 0 spiro atoms. The Labute approximate surface area is 189 Å². The molecule has 4 aromatic heterocycles. The van der Waals surface area contributed by atoms with Gasteiger partial charge in [-0.05, 0) is 42.8 Å². The van der Waals surface area contributed by atoms with Gasteiger partial charge in [0, 0.05) is 35.4 Å². The molecule has 160 valence electrons. The van der Waals surface area contributed by atoms with E-state index in [2.05, 4.69) is 32.3 Å². The van der Waals surface area contributed by atoms with E-state index in [-0.39, 0.29) is 5.56 Å². The lowest BCUT2D eigenvalue weighted by Crippen LogP contribution is -2.17. The highest BCUT2D eigenvalue weighted by molar-refractivity contribution is 7.98. The number of aryl methyl sites for hydroxylation is 1. The van der Waals surface area contributed by atoms with Crippen LogP contribution in [0, 0.1) is 6.92 Å². The van der Waals surface area contributed by atoms with Crippen LogP contribution < -0.4 is 5.56 Å². The number of hydrogen-bond acceptors (Lipinski definition) is 6. The standard InChI is InChI=1S/C23H25N5OS2/c1-16-7-5-11-27-21(29)13-17(24-22(16)27)15-31-23-26-25-20(14-19-10-6-12-30-19)28(23)18-8-3-2-4-9-18/h5-7,10-13,18H,2-4,8-9,14-15H2,1H3. The molecule has 1 fully saturated rings. The highest BCUT2D eigenvalue weighted by Gasteiger charge is 2.23. The predicted octanol–water partition coefficient (Wildman–Crippen LogP) is 5.04. The number of aromatic nitrogens is 5. The van der Waals surface area contributed by atoms with Crippen LogP contribution in [0.1, 0.15) is 60.1 Å². The van der Waals surface area contributed by atoms with Crippen molar-refractivity contribution in [2.45, 2.75) is 62.4 Å². The van der Waals surface area contributed by atoms with Crippen LogP contribution in [-0.4, -0.2) is 24.1 Å². The van der Waals surface area contributed by atoms with Crippen LogP contribution in [0.5, 0.6) is 0 Å². The minimum absolute atomic E-state index is 0.0450. The molecule has 1 aliphatic rings. The first-order valence-corrected chi connectivity index (χ1v) is 12.6. The van der Waals surface area contributed by atoms with Gasteiger partial charge < -0.3 is 4.57 Å². The van der Waals surface area contributed by atoms with Crippen LogP contribution in [0.25, 0.3) is 5.65 Å². The summed E-state index contributed by atoms with van der Waals surface area (Å²) in [7, 11) is 0. The van der Waals surface area contributed by atoms with Gasteiger partial charge in [-0.2, -0.15) is 0 Å². The van der Waals surface area contributed by atoms with Crippen LogP contribution in [0.3, 0.4) is 0 Å². The Morgan fingerprint density at radius 3 is 2.84 bits per heavy atom. The van der Waals surface area contributed by atoms with Gasteiger partial charge in [-0.25, -0.2) is 4.98 Å². The lowest BCUT2D eigenvalue weighted by molar-refractivity contribution is 0.330. The van der Waals surface area contributed by atoms with Crippen LogP contribution >= 0.6 is 23.1 Å². The minimum atomic E-state index is -0.0450. The van der Waals surface area contributed by atoms with Gasteiger partial charge in [0.05, 0.1) is 5.69 Å². The lowest BCUT2D eigenvalue weighted by atomic mass is 9.95. The first-order chi connectivity index (χ1) is 15.2. The molecule has 5 rings (SSSR count). The summed E-state index contributed by atoms with van der Waals surface area (Å²) in [6.07, 6.45) is 8.77. The van der Waals surface area contributed by atoms with Crippen LogP contribution in [-0.2, 0) is 12.2 Å². The number of nitrogens with zero attached hydrogens (tertiary/aromatic N) is 5. The van der Waals surface area contributed by atoms with Gasteiger partial charge in [0.1, 0.15) is 11.5 Å². The van der Waals surface area contributed by atoms with E-state index < -0.39 is 0 Å². The Morgan fingerprint density at radius 1 is 1.16 bits per heavy atom. The fourth-order valence-corrected chi connectivity index (χ4v) is 5.94. The zero-order valence-electron chi connectivity index (χ0n) is 17.5. The molecular weight excluding hydrogens is 426 g/mol. The summed E-state index contributed by atoms with van der Waals surface area (Å²) in [6, 6.07) is 10.2. The third-order valence-electron chi connectivity index (χ3n) is 5.88. The maximum Gasteiger partial charge on any atom is 0.258 e. The molecule has 4 heterocycles. The quantitative estimate of drug-likeness (QED) is 0.384. The van der Waals surface area contributed by atoms with Gasteiger partial charge >= 0.3 is 0 Å². The fourth-order valence-electron chi connectivity index (χ4n) is 4.32. The van der Waals surface area contributed by atoms with E-state index >= 15 is 0 Å². The van der Waals surface area contributed by atoms with E-state index in [0.717, 1.165) is 34.3 Å². The van der Waals surface area contributed by atoms with Crippen molar-refractivity contribution < 1.29 is 0 Å². The Morgan fingerprint density at radius 2 is 2.03 bits per heavy atom. The summed E-state index contributed by atoms with van der Waals surface area (Å²) in [4.78, 5) is 18.6. The molecular formula is C23H25N5OS2. The number of fused-ring (bicyclic) bond motifs is 1. The molecule has 4 aromatic rings. The maximum absolute atomic E-state index is 12.5. The third-order valence-corrected chi connectivity index (χ3v) is 7.73. The first kappa shape index (κ1) is 20.5. The second-order valence-electron chi connectivity index (χ2n) is 8.08. The normalized spacial score (nSPS) is 15.0. The lowest BCUT2D eigenvalue weighted by Gasteiger charge is -2.25. The SMILES string of the molecule is Cc1cccn2c(=O)cc(CSc3nnc(Cc4cccs4)n3C3CCCCC3)nc12. The second kappa shape index (κ2) is 8.96. The van der Waals surface area contributed by atoms with E-state index in [1.165, 1.54) is 37.0 Å². The monoisotopic (exact) mass is 451 g/mol. The van der Waals surface area contributed by atoms with Gasteiger partial charge in [-0.1, -0.05) is 43.2 Å². The minimum Gasteiger partial charge on any atom is -0.303 e. The van der Waals surface area contributed by atoms with Crippen molar-refractivity contribution in [1.82, 2.24) is 24.1 Å². The zero-order valence-corrected chi connectivity index (χ0v) is 19.2. The van der Waals surface area contributed by atoms with Crippen molar-refractivity contribution >= 4 is 28.7 Å². The summed E-state index contributed by atoms with van der Waals surface area (Å²) in [5, 5.41) is 12.2. The van der Waals surface area contributed by atoms with Crippen molar-refractivity contribution in [3.63, 3.8) is 0 Å². The highest BCUT2D eigenvalue weighted by Crippen LogP contribution is 2.34. The molecule has 0 unspecified atom stereocenters. The zero-order chi connectivity index (χ0) is 21.2. The highest BCUT2D eigenvalue weighted by atomic mass is 32.2. The molecule has 1 saturated carbocycles. The number of thiophene rings is 1. The van der Waals surface area contributed by atoms with Gasteiger partial charge in [-0.3, -0.25) is 9.20 Å². The van der Waals surface area contributed by atoms with Crippen molar-refractivity contribution in [1.29, 1.82) is 0 Å². The number of pyridine rings is 1. The molecule has 1 aliphatic carbocycles. The fraction of sp³-hybridized carbons (Fsp3) is 0.391. The largest absolute Gasteiger partial charge is 0.303 e. The van der Waals surface area contributed by atoms with Gasteiger partial charge in [-0.15, -0.1) is 21.5 Å². The Balaban J connectivity index is 1.43. The van der Waals surface area contributed by atoms with Crippen LogP contribution in [0.4, 0.5) is 0 Å². The maximum atomic E-state index is 12.5. The average molecular weight is 452 g/mol. The van der Waals surface area contributed by atoms with Gasteiger partial charge in [0.25, 0.3) is 5.56 Å². The van der Waals surface area contributed by atoms with E-state index in [0.29, 0.717) is 11.8 Å². The molecule has 8 heteroatoms. The van der Waals surface area contributed by atoms with Crippen molar-refractivity contribution in [3.8, 4) is 0 Å². The summed E-state index contributed by atoms with van der Waals surface area (Å²) in [5.74, 6) is 1.64. The second-order valence-corrected chi connectivity index (χ2v) is 10.1. The van der Waals surface area contributed by atoms with E-state index in [1.807, 2.05) is 19.1 Å². The molecule has 0 aliphatic heterocycles. The smallest absolute Gasteiger partial charge is 0.258 e. The number of hydrogen-bond donors (Lipinski definition) is 0. The average Bonchev–Trinajstić information content (AvgIpc) is 3.44. The Kier molecular flexibility index (Phi) is 5.91. The summed E-state index contributed by atoms with van der Waals surface area (Å²) in [6.45, 7) is 1.98. The van der Waals surface area contributed by atoms with Gasteiger partial charge in [0.2, 0.25) is 0 Å². The number of rotatable bonds is 6. The van der Waals surface area contributed by atoms with Crippen LogP contribution in [0.15, 0.2) is 51.9 Å². The van der Waals surface area contributed by atoms with Crippen molar-refractivity contribution in [2.75, 3.05) is 0 Å².